The van der Waals surface area contributed by atoms with Crippen molar-refractivity contribution in [1.82, 2.24) is 4.98 Å². The zero-order valence-electron chi connectivity index (χ0n) is 10.1. The third-order valence-electron chi connectivity index (χ3n) is 3.21. The highest BCUT2D eigenvalue weighted by molar-refractivity contribution is 5.41. The van der Waals surface area contributed by atoms with E-state index in [1.807, 2.05) is 12.1 Å². The number of ether oxygens (including phenoxy) is 1. The molecule has 1 aromatic carbocycles. The predicted octanol–water partition coefficient (Wildman–Crippen LogP) is 3.22. The Hall–Kier alpha value is -2.17. The van der Waals surface area contributed by atoms with Gasteiger partial charge in [0.1, 0.15) is 5.75 Å². The molecule has 0 fully saturated rings. The van der Waals surface area contributed by atoms with Gasteiger partial charge in [-0.25, -0.2) is 8.78 Å². The maximum Gasteiger partial charge on any atom is 0.258 e. The van der Waals surface area contributed by atoms with Crippen LogP contribution in [0, 0.1) is 11.6 Å². The summed E-state index contributed by atoms with van der Waals surface area (Å²) in [5.41, 5.74) is 7.79. The molecule has 0 saturated carbocycles. The van der Waals surface area contributed by atoms with Crippen molar-refractivity contribution in [2.75, 3.05) is 5.73 Å². The summed E-state index contributed by atoms with van der Waals surface area (Å²) < 4.78 is 31.8. The van der Waals surface area contributed by atoms with Crippen molar-refractivity contribution in [2.45, 2.75) is 19.3 Å². The largest absolute Gasteiger partial charge is 0.436 e. The number of nitrogens with zero attached hydrogens (tertiary/aromatic N) is 1. The second-order valence-electron chi connectivity index (χ2n) is 4.53. The van der Waals surface area contributed by atoms with Gasteiger partial charge in [0.25, 0.3) is 5.88 Å². The molecule has 19 heavy (non-hydrogen) atoms. The Kier molecular flexibility index (Phi) is 2.81. The van der Waals surface area contributed by atoms with E-state index in [4.69, 9.17) is 10.5 Å². The van der Waals surface area contributed by atoms with Crippen molar-refractivity contribution in [2.24, 2.45) is 0 Å². The van der Waals surface area contributed by atoms with Crippen LogP contribution in [0.2, 0.25) is 0 Å². The molecule has 3 rings (SSSR count). The highest BCUT2D eigenvalue weighted by Gasteiger charge is 2.14. The number of benzene rings is 1. The average Bonchev–Trinajstić information content (AvgIpc) is 2.83. The van der Waals surface area contributed by atoms with Crippen molar-refractivity contribution in [3.8, 4) is 11.6 Å². The van der Waals surface area contributed by atoms with E-state index in [1.54, 1.807) is 6.07 Å². The monoisotopic (exact) mass is 262 g/mol. The summed E-state index contributed by atoms with van der Waals surface area (Å²) in [6.07, 6.45) is 3.18. The number of fused-ring (bicyclic) bond motifs is 1. The van der Waals surface area contributed by atoms with Crippen molar-refractivity contribution in [3.63, 3.8) is 0 Å². The number of aryl methyl sites for hydroxylation is 2. The zero-order valence-corrected chi connectivity index (χ0v) is 10.1. The van der Waals surface area contributed by atoms with Crippen LogP contribution < -0.4 is 10.5 Å². The zero-order chi connectivity index (χ0) is 13.4. The molecule has 0 radical (unpaired) electrons. The Morgan fingerprint density at radius 1 is 1.05 bits per heavy atom. The van der Waals surface area contributed by atoms with Gasteiger partial charge in [-0.05, 0) is 42.5 Å². The van der Waals surface area contributed by atoms with E-state index >= 15 is 0 Å². The summed E-state index contributed by atoms with van der Waals surface area (Å²) in [4.78, 5) is 3.57. The molecule has 0 spiro atoms. The van der Waals surface area contributed by atoms with Crippen LogP contribution in [0.5, 0.6) is 11.6 Å². The van der Waals surface area contributed by atoms with Crippen LogP contribution >= 0.6 is 0 Å². The highest BCUT2D eigenvalue weighted by atomic mass is 19.1. The van der Waals surface area contributed by atoms with Crippen LogP contribution in [0.4, 0.5) is 14.6 Å². The van der Waals surface area contributed by atoms with Gasteiger partial charge in [0.2, 0.25) is 0 Å². The lowest BCUT2D eigenvalue weighted by molar-refractivity contribution is 0.418. The Balaban J connectivity index is 1.91. The third kappa shape index (κ3) is 2.23. The number of nitrogens with two attached hydrogens (primary N) is 1. The summed E-state index contributed by atoms with van der Waals surface area (Å²) >= 11 is 0. The number of halogens is 2. The molecule has 2 N–H and O–H groups in total. The molecule has 0 aliphatic heterocycles. The van der Waals surface area contributed by atoms with Crippen molar-refractivity contribution in [3.05, 3.63) is 47.0 Å². The molecule has 3 nitrogen and oxygen atoms in total. The average molecular weight is 262 g/mol. The number of hydrogen-bond donors (Lipinski definition) is 1. The molecule has 1 aliphatic carbocycles. The molecule has 0 saturated heterocycles. The van der Waals surface area contributed by atoms with Crippen LogP contribution in [0.3, 0.4) is 0 Å². The minimum absolute atomic E-state index is 0.308. The minimum atomic E-state index is -0.890. The molecule has 0 amide bonds. The second-order valence-corrected chi connectivity index (χ2v) is 4.53. The van der Waals surface area contributed by atoms with Gasteiger partial charge in [0.05, 0.1) is 0 Å². The molecule has 0 atom stereocenters. The lowest BCUT2D eigenvalue weighted by Gasteiger charge is -2.08. The van der Waals surface area contributed by atoms with Gasteiger partial charge in [-0.1, -0.05) is 6.07 Å². The van der Waals surface area contributed by atoms with E-state index < -0.39 is 11.6 Å². The number of hydrogen-bond acceptors (Lipinski definition) is 3. The van der Waals surface area contributed by atoms with E-state index in [0.717, 1.165) is 19.3 Å². The fraction of sp³-hybridized carbons (Fsp3) is 0.214. The number of aromatic nitrogens is 1. The van der Waals surface area contributed by atoms with Crippen LogP contribution in [0.15, 0.2) is 24.3 Å². The van der Waals surface area contributed by atoms with Gasteiger partial charge in [0, 0.05) is 6.07 Å². The first-order valence-corrected chi connectivity index (χ1v) is 6.04. The summed E-state index contributed by atoms with van der Waals surface area (Å²) in [6.45, 7) is 0. The first kappa shape index (κ1) is 11.9. The van der Waals surface area contributed by atoms with Crippen LogP contribution in [-0.4, -0.2) is 4.98 Å². The van der Waals surface area contributed by atoms with Crippen molar-refractivity contribution >= 4 is 5.82 Å². The predicted molar refractivity (Wildman–Crippen MR) is 67.1 cm³/mol. The summed E-state index contributed by atoms with van der Waals surface area (Å²) in [5.74, 6) is -1.96. The molecule has 2 aromatic rings. The molecule has 1 aliphatic rings. The highest BCUT2D eigenvalue weighted by Crippen LogP contribution is 2.29. The molecule has 5 heteroatoms. The Labute approximate surface area is 109 Å². The minimum Gasteiger partial charge on any atom is -0.436 e. The fourth-order valence-corrected chi connectivity index (χ4v) is 2.26. The molecule has 98 valence electrons. The molecule has 1 aromatic heterocycles. The van der Waals surface area contributed by atoms with Gasteiger partial charge < -0.3 is 10.5 Å². The Morgan fingerprint density at radius 3 is 2.68 bits per heavy atom. The Bertz CT molecular complexity index is 644. The number of pyridine rings is 1. The lowest BCUT2D eigenvalue weighted by atomic mass is 10.1. The van der Waals surface area contributed by atoms with Crippen LogP contribution in [-0.2, 0) is 12.8 Å². The summed E-state index contributed by atoms with van der Waals surface area (Å²) in [7, 11) is 0. The van der Waals surface area contributed by atoms with Gasteiger partial charge >= 0.3 is 0 Å². The van der Waals surface area contributed by atoms with E-state index in [2.05, 4.69) is 4.98 Å². The SMILES string of the molecule is Nc1nc(Oc2ccc3c(c2)CCC3)c(F)cc1F. The van der Waals surface area contributed by atoms with Crippen molar-refractivity contribution in [1.29, 1.82) is 0 Å². The molecular weight excluding hydrogens is 250 g/mol. The van der Waals surface area contributed by atoms with E-state index in [1.165, 1.54) is 11.1 Å². The standard InChI is InChI=1S/C14H12F2N2O/c15-11-7-12(16)14(18-13(11)17)19-10-5-4-8-2-1-3-9(8)6-10/h4-7H,1-3H2,(H2,17,18). The smallest absolute Gasteiger partial charge is 0.258 e. The number of anilines is 1. The van der Waals surface area contributed by atoms with Crippen LogP contribution in [0.1, 0.15) is 17.5 Å². The van der Waals surface area contributed by atoms with Gasteiger partial charge in [-0.2, -0.15) is 4.98 Å². The molecule has 0 bridgehead atoms. The maximum absolute atomic E-state index is 13.5. The maximum atomic E-state index is 13.5. The fourth-order valence-electron chi connectivity index (χ4n) is 2.26. The first-order valence-electron chi connectivity index (χ1n) is 6.04. The van der Waals surface area contributed by atoms with Gasteiger partial charge in [-0.3, -0.25) is 0 Å². The van der Waals surface area contributed by atoms with E-state index in [-0.39, 0.29) is 11.7 Å². The summed E-state index contributed by atoms with van der Waals surface area (Å²) in [5, 5.41) is 0. The first-order chi connectivity index (χ1) is 9.13. The topological polar surface area (TPSA) is 48.1 Å². The van der Waals surface area contributed by atoms with Gasteiger partial charge in [0.15, 0.2) is 17.5 Å². The normalized spacial score (nSPS) is 13.4. The lowest BCUT2D eigenvalue weighted by Crippen LogP contribution is -2.00. The number of nitrogen functional groups attached to an aromatic ring is 1. The van der Waals surface area contributed by atoms with Gasteiger partial charge in [-0.15, -0.1) is 0 Å². The molecular formula is C14H12F2N2O. The van der Waals surface area contributed by atoms with E-state index in [9.17, 15) is 8.78 Å². The third-order valence-corrected chi connectivity index (χ3v) is 3.21. The van der Waals surface area contributed by atoms with E-state index in [0.29, 0.717) is 11.8 Å². The molecule has 1 heterocycles. The second kappa shape index (κ2) is 4.50. The van der Waals surface area contributed by atoms with Crippen molar-refractivity contribution < 1.29 is 13.5 Å². The molecule has 0 unspecified atom stereocenters. The Morgan fingerprint density at radius 2 is 1.84 bits per heavy atom. The summed E-state index contributed by atoms with van der Waals surface area (Å²) in [6, 6.07) is 6.25. The quantitative estimate of drug-likeness (QED) is 0.904. The number of rotatable bonds is 2. The van der Waals surface area contributed by atoms with Crippen LogP contribution in [0.25, 0.3) is 0 Å².